The van der Waals surface area contributed by atoms with E-state index in [0.717, 1.165) is 10.9 Å². The molecule has 0 fully saturated rings. The van der Waals surface area contributed by atoms with E-state index in [0.29, 0.717) is 17.7 Å². The lowest BCUT2D eigenvalue weighted by molar-refractivity contribution is 0.0967. The maximum absolute atomic E-state index is 12.0. The summed E-state index contributed by atoms with van der Waals surface area (Å²) in [5.41, 5.74) is 7.15. The van der Waals surface area contributed by atoms with E-state index in [1.165, 1.54) is 0 Å². The molecule has 0 saturated carbocycles. The molecule has 2 nitrogen and oxygen atoms in total. The minimum absolute atomic E-state index is 0.119. The van der Waals surface area contributed by atoms with Crippen LogP contribution in [0.5, 0.6) is 0 Å². The van der Waals surface area contributed by atoms with E-state index in [4.69, 9.17) is 5.73 Å². The standard InChI is InChI=1S/C13H18BrNO/c1-13(2,3)7-6-12(16)10-8-9(14)4-5-11(10)15/h4-5,8H,6-7,15H2,1-3H3. The van der Waals surface area contributed by atoms with E-state index in [9.17, 15) is 4.79 Å². The minimum atomic E-state index is 0.119. The summed E-state index contributed by atoms with van der Waals surface area (Å²) < 4.78 is 0.890. The molecule has 0 aromatic heterocycles. The Morgan fingerprint density at radius 3 is 2.56 bits per heavy atom. The molecule has 1 aromatic rings. The largest absolute Gasteiger partial charge is 0.398 e. The number of ketones is 1. The lowest BCUT2D eigenvalue weighted by Gasteiger charge is -2.17. The number of hydrogen-bond donors (Lipinski definition) is 1. The average Bonchev–Trinajstić information content (AvgIpc) is 2.17. The van der Waals surface area contributed by atoms with E-state index in [1.807, 2.05) is 6.07 Å². The second-order valence-electron chi connectivity index (χ2n) is 5.22. The normalized spacial score (nSPS) is 11.5. The van der Waals surface area contributed by atoms with Crippen LogP contribution in [0.4, 0.5) is 5.69 Å². The fourth-order valence-corrected chi connectivity index (χ4v) is 1.75. The van der Waals surface area contributed by atoms with Gasteiger partial charge in [-0.1, -0.05) is 36.7 Å². The highest BCUT2D eigenvalue weighted by Gasteiger charge is 2.15. The number of carbonyl (C=O) groups is 1. The molecule has 1 rings (SSSR count). The number of nitrogen functional groups attached to an aromatic ring is 1. The van der Waals surface area contributed by atoms with E-state index in [2.05, 4.69) is 36.7 Å². The Balaban J connectivity index is 2.77. The zero-order valence-electron chi connectivity index (χ0n) is 10.0. The molecule has 0 aliphatic rings. The maximum atomic E-state index is 12.0. The predicted octanol–water partition coefficient (Wildman–Crippen LogP) is 4.04. The van der Waals surface area contributed by atoms with Gasteiger partial charge >= 0.3 is 0 Å². The summed E-state index contributed by atoms with van der Waals surface area (Å²) in [6.45, 7) is 6.39. The molecule has 0 unspecified atom stereocenters. The quantitative estimate of drug-likeness (QED) is 0.672. The number of anilines is 1. The van der Waals surface area contributed by atoms with Gasteiger partial charge in [-0.05, 0) is 30.0 Å². The van der Waals surface area contributed by atoms with Gasteiger partial charge in [0.15, 0.2) is 5.78 Å². The van der Waals surface area contributed by atoms with Crippen LogP contribution in [0.1, 0.15) is 44.0 Å². The van der Waals surface area contributed by atoms with Crippen LogP contribution in [0, 0.1) is 5.41 Å². The second kappa shape index (κ2) is 5.00. The smallest absolute Gasteiger partial charge is 0.165 e. The monoisotopic (exact) mass is 283 g/mol. The molecule has 2 N–H and O–H groups in total. The van der Waals surface area contributed by atoms with Gasteiger partial charge in [0.25, 0.3) is 0 Å². The summed E-state index contributed by atoms with van der Waals surface area (Å²) >= 11 is 3.35. The van der Waals surface area contributed by atoms with E-state index >= 15 is 0 Å². The number of benzene rings is 1. The highest BCUT2D eigenvalue weighted by Crippen LogP contribution is 2.25. The molecule has 1 aromatic carbocycles. The number of rotatable bonds is 3. The number of hydrogen-bond acceptors (Lipinski definition) is 2. The number of carbonyl (C=O) groups excluding carboxylic acids is 1. The summed E-state index contributed by atoms with van der Waals surface area (Å²) in [5, 5.41) is 0. The Hall–Kier alpha value is -0.830. The summed E-state index contributed by atoms with van der Waals surface area (Å²) in [6, 6.07) is 5.39. The molecule has 0 aliphatic carbocycles. The van der Waals surface area contributed by atoms with Crippen molar-refractivity contribution in [2.45, 2.75) is 33.6 Å². The van der Waals surface area contributed by atoms with Crippen LogP contribution in [-0.4, -0.2) is 5.78 Å². The van der Waals surface area contributed by atoms with Crippen molar-refractivity contribution in [3.05, 3.63) is 28.2 Å². The molecule has 0 radical (unpaired) electrons. The molecular formula is C13H18BrNO. The fourth-order valence-electron chi connectivity index (χ4n) is 1.39. The van der Waals surface area contributed by atoms with Gasteiger partial charge in [-0.25, -0.2) is 0 Å². The van der Waals surface area contributed by atoms with Crippen LogP contribution in [0.15, 0.2) is 22.7 Å². The van der Waals surface area contributed by atoms with Gasteiger partial charge in [0.05, 0.1) is 0 Å². The molecular weight excluding hydrogens is 266 g/mol. The lowest BCUT2D eigenvalue weighted by Crippen LogP contribution is -2.10. The van der Waals surface area contributed by atoms with Crippen LogP contribution in [0.3, 0.4) is 0 Å². The van der Waals surface area contributed by atoms with Gasteiger partial charge in [0.2, 0.25) is 0 Å². The van der Waals surface area contributed by atoms with Gasteiger partial charge in [0.1, 0.15) is 0 Å². The Morgan fingerprint density at radius 2 is 2.00 bits per heavy atom. The van der Waals surface area contributed by atoms with Crippen LogP contribution < -0.4 is 5.73 Å². The highest BCUT2D eigenvalue weighted by atomic mass is 79.9. The molecule has 0 bridgehead atoms. The topological polar surface area (TPSA) is 43.1 Å². The van der Waals surface area contributed by atoms with E-state index < -0.39 is 0 Å². The number of nitrogens with two attached hydrogens (primary N) is 1. The van der Waals surface area contributed by atoms with E-state index in [1.54, 1.807) is 12.1 Å². The molecule has 0 heterocycles. The predicted molar refractivity (Wildman–Crippen MR) is 71.6 cm³/mol. The van der Waals surface area contributed by atoms with E-state index in [-0.39, 0.29) is 11.2 Å². The third-order valence-electron chi connectivity index (χ3n) is 2.42. The van der Waals surface area contributed by atoms with Crippen molar-refractivity contribution in [3.8, 4) is 0 Å². The first-order valence-corrected chi connectivity index (χ1v) is 6.17. The maximum Gasteiger partial charge on any atom is 0.165 e. The summed E-state index contributed by atoms with van der Waals surface area (Å²) in [5.74, 6) is 0.119. The Morgan fingerprint density at radius 1 is 1.38 bits per heavy atom. The minimum Gasteiger partial charge on any atom is -0.398 e. The van der Waals surface area contributed by atoms with Crippen molar-refractivity contribution in [2.75, 3.05) is 5.73 Å². The van der Waals surface area contributed by atoms with Crippen molar-refractivity contribution in [3.63, 3.8) is 0 Å². The molecule has 0 saturated heterocycles. The van der Waals surface area contributed by atoms with Crippen LogP contribution in [-0.2, 0) is 0 Å². The Kier molecular flexibility index (Phi) is 4.14. The average molecular weight is 284 g/mol. The third-order valence-corrected chi connectivity index (χ3v) is 2.91. The zero-order valence-corrected chi connectivity index (χ0v) is 11.6. The summed E-state index contributed by atoms with van der Waals surface area (Å²) in [6.07, 6.45) is 1.42. The van der Waals surface area contributed by atoms with Gasteiger partial charge in [-0.3, -0.25) is 4.79 Å². The van der Waals surface area contributed by atoms with Crippen molar-refractivity contribution in [1.82, 2.24) is 0 Å². The van der Waals surface area contributed by atoms with Crippen LogP contribution in [0.2, 0.25) is 0 Å². The van der Waals surface area contributed by atoms with Crippen LogP contribution >= 0.6 is 15.9 Å². The lowest BCUT2D eigenvalue weighted by atomic mass is 9.88. The SMILES string of the molecule is CC(C)(C)CCC(=O)c1cc(Br)ccc1N. The van der Waals surface area contributed by atoms with Crippen LogP contribution in [0.25, 0.3) is 0 Å². The second-order valence-corrected chi connectivity index (χ2v) is 6.13. The molecule has 0 aliphatic heterocycles. The summed E-state index contributed by atoms with van der Waals surface area (Å²) in [4.78, 5) is 12.0. The first kappa shape index (κ1) is 13.2. The first-order chi connectivity index (χ1) is 7.29. The number of Topliss-reactive ketones (excluding diaryl/α,β-unsaturated/α-hetero) is 1. The molecule has 0 amide bonds. The molecule has 0 spiro atoms. The molecule has 3 heteroatoms. The fraction of sp³-hybridized carbons (Fsp3) is 0.462. The Bertz CT molecular complexity index is 393. The van der Waals surface area contributed by atoms with Gasteiger partial charge in [-0.15, -0.1) is 0 Å². The number of halogens is 1. The van der Waals surface area contributed by atoms with Gasteiger partial charge in [-0.2, -0.15) is 0 Å². The van der Waals surface area contributed by atoms with Crippen molar-refractivity contribution >= 4 is 27.4 Å². The zero-order chi connectivity index (χ0) is 12.3. The van der Waals surface area contributed by atoms with Gasteiger partial charge in [0, 0.05) is 22.1 Å². The molecule has 16 heavy (non-hydrogen) atoms. The molecule has 0 atom stereocenters. The molecule has 88 valence electrons. The van der Waals surface area contributed by atoms with Crippen molar-refractivity contribution < 1.29 is 4.79 Å². The summed E-state index contributed by atoms with van der Waals surface area (Å²) in [7, 11) is 0. The van der Waals surface area contributed by atoms with Gasteiger partial charge < -0.3 is 5.73 Å². The first-order valence-electron chi connectivity index (χ1n) is 5.38. The van der Waals surface area contributed by atoms with Crippen molar-refractivity contribution in [1.29, 1.82) is 0 Å². The highest BCUT2D eigenvalue weighted by molar-refractivity contribution is 9.10. The van der Waals surface area contributed by atoms with Crippen molar-refractivity contribution in [2.24, 2.45) is 5.41 Å². The third kappa shape index (κ3) is 3.97. The Labute approximate surface area is 105 Å².